The van der Waals surface area contributed by atoms with Crippen LogP contribution in [0.25, 0.3) is 6.08 Å². The zero-order valence-corrected chi connectivity index (χ0v) is 10.8. The maximum absolute atomic E-state index is 12.3. The molecular formula is C13H13F3N2O2. The second-order valence-electron chi connectivity index (χ2n) is 5.00. The smallest absolute Gasteiger partial charge is 0.351 e. The van der Waals surface area contributed by atoms with E-state index in [1.54, 1.807) is 11.0 Å². The lowest BCUT2D eigenvalue weighted by atomic mass is 9.81. The number of halogens is 3. The lowest BCUT2D eigenvalue weighted by Crippen LogP contribution is -2.55. The van der Waals surface area contributed by atoms with Gasteiger partial charge >= 0.3 is 6.18 Å². The quantitative estimate of drug-likeness (QED) is 0.803. The third-order valence-electron chi connectivity index (χ3n) is 3.05. The van der Waals surface area contributed by atoms with Gasteiger partial charge in [0.2, 0.25) is 11.7 Å². The number of alkyl halides is 3. The minimum absolute atomic E-state index is 0.104. The highest BCUT2D eigenvalue weighted by molar-refractivity contribution is 5.87. The zero-order valence-electron chi connectivity index (χ0n) is 10.8. The van der Waals surface area contributed by atoms with Crippen LogP contribution in [0.4, 0.5) is 13.2 Å². The minimum atomic E-state index is -4.54. The van der Waals surface area contributed by atoms with E-state index in [1.165, 1.54) is 12.2 Å². The molecule has 1 fully saturated rings. The van der Waals surface area contributed by atoms with Crippen molar-refractivity contribution in [2.24, 2.45) is 5.41 Å². The van der Waals surface area contributed by atoms with Gasteiger partial charge in [0, 0.05) is 24.6 Å². The second kappa shape index (κ2) is 4.81. The van der Waals surface area contributed by atoms with Crippen LogP contribution in [0, 0.1) is 5.41 Å². The van der Waals surface area contributed by atoms with Crippen LogP contribution in [0.1, 0.15) is 18.4 Å². The largest absolute Gasteiger partial charge is 0.452 e. The van der Waals surface area contributed by atoms with E-state index in [4.69, 9.17) is 0 Å². The summed E-state index contributed by atoms with van der Waals surface area (Å²) in [6.45, 7) is 6.29. The van der Waals surface area contributed by atoms with Crippen LogP contribution in [0.2, 0.25) is 0 Å². The van der Waals surface area contributed by atoms with Gasteiger partial charge in [0.15, 0.2) is 0 Å². The van der Waals surface area contributed by atoms with Crippen LogP contribution in [0.3, 0.4) is 0 Å². The van der Waals surface area contributed by atoms with Gasteiger partial charge in [-0.05, 0) is 12.2 Å². The molecule has 0 N–H and O–H groups in total. The molecule has 108 valence electrons. The summed E-state index contributed by atoms with van der Waals surface area (Å²) in [5.74, 6) is -1.28. The Morgan fingerprint density at radius 1 is 1.55 bits per heavy atom. The summed E-state index contributed by atoms with van der Waals surface area (Å²) in [6.07, 6.45) is -0.102. The van der Waals surface area contributed by atoms with E-state index < -0.39 is 11.9 Å². The molecule has 1 amide bonds. The molecule has 0 unspecified atom stereocenters. The fourth-order valence-electron chi connectivity index (χ4n) is 2.00. The monoisotopic (exact) mass is 286 g/mol. The van der Waals surface area contributed by atoms with Gasteiger partial charge in [0.05, 0.1) is 0 Å². The first-order chi connectivity index (χ1) is 9.23. The van der Waals surface area contributed by atoms with Crippen molar-refractivity contribution in [1.29, 1.82) is 0 Å². The third kappa shape index (κ3) is 2.92. The summed E-state index contributed by atoms with van der Waals surface area (Å²) in [7, 11) is 0. The Kier molecular flexibility index (Phi) is 3.45. The molecule has 0 atom stereocenters. The molecule has 0 bridgehead atoms. The number of hydrogen-bond acceptors (Lipinski definition) is 3. The molecule has 1 aromatic heterocycles. The molecular weight excluding hydrogens is 273 g/mol. The predicted molar refractivity (Wildman–Crippen MR) is 65.4 cm³/mol. The summed E-state index contributed by atoms with van der Waals surface area (Å²) >= 11 is 0. The molecule has 0 saturated carbocycles. The van der Waals surface area contributed by atoms with E-state index in [1.807, 2.05) is 6.92 Å². The summed E-state index contributed by atoms with van der Waals surface area (Å²) in [4.78, 5) is 12.9. The molecule has 1 aliphatic rings. The van der Waals surface area contributed by atoms with E-state index in [-0.39, 0.29) is 17.0 Å². The number of amides is 1. The van der Waals surface area contributed by atoms with Crippen molar-refractivity contribution in [2.45, 2.75) is 13.1 Å². The SMILES string of the molecule is C=CC(=O)N1CC(C)(/C=C/c2cc(C(F)(F)F)on2)C1. The summed E-state index contributed by atoms with van der Waals surface area (Å²) in [5, 5.41) is 3.34. The van der Waals surface area contributed by atoms with E-state index in [9.17, 15) is 18.0 Å². The highest BCUT2D eigenvalue weighted by atomic mass is 19.4. The molecule has 0 aromatic carbocycles. The average molecular weight is 286 g/mol. The van der Waals surface area contributed by atoms with Crippen molar-refractivity contribution in [3.05, 3.63) is 36.3 Å². The first kappa shape index (κ1) is 14.4. The summed E-state index contributed by atoms with van der Waals surface area (Å²) in [6, 6.07) is 0.838. The van der Waals surface area contributed by atoms with Gasteiger partial charge in [-0.2, -0.15) is 13.2 Å². The molecule has 0 spiro atoms. The third-order valence-corrected chi connectivity index (χ3v) is 3.05. The Bertz CT molecular complexity index is 554. The van der Waals surface area contributed by atoms with Crippen molar-refractivity contribution in [3.63, 3.8) is 0 Å². The van der Waals surface area contributed by atoms with Crippen LogP contribution >= 0.6 is 0 Å². The second-order valence-corrected chi connectivity index (χ2v) is 5.00. The Balaban J connectivity index is 1.99. The molecule has 20 heavy (non-hydrogen) atoms. The van der Waals surface area contributed by atoms with Gasteiger partial charge in [-0.3, -0.25) is 4.79 Å². The van der Waals surface area contributed by atoms with Crippen molar-refractivity contribution in [3.8, 4) is 0 Å². The van der Waals surface area contributed by atoms with Gasteiger partial charge in [0.1, 0.15) is 5.69 Å². The lowest BCUT2D eigenvalue weighted by molar-refractivity contribution is -0.155. The molecule has 2 heterocycles. The molecule has 0 radical (unpaired) electrons. The summed E-state index contributed by atoms with van der Waals surface area (Å²) in [5.41, 5.74) is -0.164. The van der Waals surface area contributed by atoms with Crippen LogP contribution in [-0.2, 0) is 11.0 Å². The van der Waals surface area contributed by atoms with Crippen LogP contribution in [-0.4, -0.2) is 29.1 Å². The molecule has 7 heteroatoms. The van der Waals surface area contributed by atoms with Crippen LogP contribution in [0.5, 0.6) is 0 Å². The Labute approximate surface area is 113 Å². The van der Waals surface area contributed by atoms with Crippen LogP contribution in [0.15, 0.2) is 29.3 Å². The number of rotatable bonds is 3. The minimum Gasteiger partial charge on any atom is -0.351 e. The molecule has 0 aliphatic carbocycles. The van der Waals surface area contributed by atoms with Crippen LogP contribution < -0.4 is 0 Å². The first-order valence-electron chi connectivity index (χ1n) is 5.88. The zero-order chi connectivity index (χ0) is 15.0. The van der Waals surface area contributed by atoms with Crippen molar-refractivity contribution in [2.75, 3.05) is 13.1 Å². The van der Waals surface area contributed by atoms with Gasteiger partial charge < -0.3 is 9.42 Å². The maximum atomic E-state index is 12.3. The number of carbonyl (C=O) groups is 1. The Morgan fingerprint density at radius 3 is 2.70 bits per heavy atom. The van der Waals surface area contributed by atoms with Crippen molar-refractivity contribution >= 4 is 12.0 Å². The number of likely N-dealkylation sites (tertiary alicyclic amines) is 1. The normalized spacial score (nSPS) is 18.1. The Morgan fingerprint density at radius 2 is 2.20 bits per heavy atom. The highest BCUT2D eigenvalue weighted by Crippen LogP contribution is 2.33. The van der Waals surface area contributed by atoms with Gasteiger partial charge in [-0.15, -0.1) is 0 Å². The van der Waals surface area contributed by atoms with Gasteiger partial charge in [-0.1, -0.05) is 24.7 Å². The fourth-order valence-corrected chi connectivity index (χ4v) is 2.00. The molecule has 4 nitrogen and oxygen atoms in total. The van der Waals surface area contributed by atoms with Gasteiger partial charge in [0.25, 0.3) is 0 Å². The maximum Gasteiger partial charge on any atom is 0.452 e. The standard InChI is InChI=1S/C13H13F3N2O2/c1-3-11(19)18-7-12(2,8-18)5-4-9-6-10(20-17-9)13(14,15)16/h3-6H,1,7-8H2,2H3/b5-4+. The van der Waals surface area contributed by atoms with Crippen molar-refractivity contribution in [1.82, 2.24) is 10.1 Å². The van der Waals surface area contributed by atoms with E-state index in [0.717, 1.165) is 6.07 Å². The summed E-state index contributed by atoms with van der Waals surface area (Å²) < 4.78 is 41.2. The topological polar surface area (TPSA) is 46.3 Å². The van der Waals surface area contributed by atoms with E-state index >= 15 is 0 Å². The number of carbonyl (C=O) groups excluding carboxylic acids is 1. The highest BCUT2D eigenvalue weighted by Gasteiger charge is 2.39. The van der Waals surface area contributed by atoms with Crippen molar-refractivity contribution < 1.29 is 22.5 Å². The number of nitrogens with zero attached hydrogens (tertiary/aromatic N) is 2. The van der Waals surface area contributed by atoms with E-state index in [0.29, 0.717) is 13.1 Å². The lowest BCUT2D eigenvalue weighted by Gasteiger charge is -2.45. The number of aromatic nitrogens is 1. The fraction of sp³-hybridized carbons (Fsp3) is 0.385. The van der Waals surface area contributed by atoms with Gasteiger partial charge in [-0.25, -0.2) is 0 Å². The Hall–Kier alpha value is -2.05. The molecule has 1 saturated heterocycles. The molecule has 1 aromatic rings. The average Bonchev–Trinajstić information content (AvgIpc) is 2.80. The number of hydrogen-bond donors (Lipinski definition) is 0. The molecule has 1 aliphatic heterocycles. The first-order valence-corrected chi connectivity index (χ1v) is 5.88. The van der Waals surface area contributed by atoms with E-state index in [2.05, 4.69) is 16.3 Å². The predicted octanol–water partition coefficient (Wildman–Crippen LogP) is 2.74. The molecule has 2 rings (SSSR count).